The number of aromatic nitrogens is 1. The third kappa shape index (κ3) is 2.51. The van der Waals surface area contributed by atoms with E-state index in [1.165, 1.54) is 6.07 Å². The van der Waals surface area contributed by atoms with Gasteiger partial charge in [0.2, 0.25) is 0 Å². The van der Waals surface area contributed by atoms with Crippen molar-refractivity contribution in [3.8, 4) is 5.69 Å². The van der Waals surface area contributed by atoms with E-state index in [2.05, 4.69) is 18.4 Å². The first-order valence-electron chi connectivity index (χ1n) is 7.43. The Bertz CT molecular complexity index is 679. The lowest BCUT2D eigenvalue weighted by atomic mass is 9.75. The van der Waals surface area contributed by atoms with Crippen molar-refractivity contribution in [1.82, 2.24) is 4.57 Å². The molecule has 0 bridgehead atoms. The molecule has 0 amide bonds. The summed E-state index contributed by atoms with van der Waals surface area (Å²) in [7, 11) is 0. The van der Waals surface area contributed by atoms with Crippen LogP contribution in [0.25, 0.3) is 5.69 Å². The summed E-state index contributed by atoms with van der Waals surface area (Å²) in [6.45, 7) is 8.25. The minimum absolute atomic E-state index is 0.0529. The summed E-state index contributed by atoms with van der Waals surface area (Å²) in [5.74, 6) is -0.220. The van der Waals surface area contributed by atoms with Crippen LogP contribution in [0.1, 0.15) is 48.9 Å². The van der Waals surface area contributed by atoms with Crippen LogP contribution >= 0.6 is 0 Å². The number of hydrogen-bond donors (Lipinski definition) is 1. The van der Waals surface area contributed by atoms with Crippen molar-refractivity contribution in [1.29, 1.82) is 0 Å². The molecule has 0 spiro atoms. The second kappa shape index (κ2) is 4.70. The van der Waals surface area contributed by atoms with Crippen molar-refractivity contribution in [2.75, 3.05) is 0 Å². The second-order valence-corrected chi connectivity index (χ2v) is 7.07. The van der Waals surface area contributed by atoms with Crippen LogP contribution in [0.5, 0.6) is 0 Å². The summed E-state index contributed by atoms with van der Waals surface area (Å²) in [4.78, 5) is 0. The number of nitrogens with zero attached hydrogens (tertiary/aromatic N) is 1. The van der Waals surface area contributed by atoms with Crippen molar-refractivity contribution in [2.45, 2.75) is 46.6 Å². The molecule has 1 heterocycles. The number of aliphatic hydroxyl groups excluding tert-OH is 1. The highest BCUT2D eigenvalue weighted by Gasteiger charge is 2.34. The molecule has 3 heteroatoms. The zero-order valence-corrected chi connectivity index (χ0v) is 13.1. The Morgan fingerprint density at radius 3 is 2.57 bits per heavy atom. The monoisotopic (exact) mass is 287 g/mol. The van der Waals surface area contributed by atoms with Crippen molar-refractivity contribution in [3.63, 3.8) is 0 Å². The highest BCUT2D eigenvalue weighted by Crippen LogP contribution is 2.42. The number of aliphatic hydroxyl groups is 1. The van der Waals surface area contributed by atoms with Crippen LogP contribution in [-0.4, -0.2) is 9.67 Å². The third-order valence-electron chi connectivity index (χ3n) is 4.36. The van der Waals surface area contributed by atoms with Crippen LogP contribution in [0, 0.1) is 25.1 Å². The second-order valence-electron chi connectivity index (χ2n) is 7.07. The van der Waals surface area contributed by atoms with E-state index in [1.54, 1.807) is 6.07 Å². The van der Waals surface area contributed by atoms with Gasteiger partial charge in [-0.3, -0.25) is 0 Å². The number of halogens is 1. The van der Waals surface area contributed by atoms with Crippen LogP contribution < -0.4 is 0 Å². The molecule has 2 nitrogen and oxygen atoms in total. The van der Waals surface area contributed by atoms with Crippen LogP contribution in [-0.2, 0) is 6.42 Å². The first-order valence-corrected chi connectivity index (χ1v) is 7.43. The van der Waals surface area contributed by atoms with Gasteiger partial charge in [-0.2, -0.15) is 0 Å². The van der Waals surface area contributed by atoms with E-state index in [4.69, 9.17) is 0 Å². The van der Waals surface area contributed by atoms with Crippen molar-refractivity contribution < 1.29 is 9.50 Å². The summed E-state index contributed by atoms with van der Waals surface area (Å²) in [5.41, 5.74) is 4.95. The molecule has 1 atom stereocenters. The molecule has 21 heavy (non-hydrogen) atoms. The fourth-order valence-corrected chi connectivity index (χ4v) is 3.55. The fraction of sp³-hybridized carbons (Fsp3) is 0.444. The molecule has 1 aliphatic carbocycles. The molecule has 2 aromatic rings. The topological polar surface area (TPSA) is 25.2 Å². The molecule has 0 saturated heterocycles. The van der Waals surface area contributed by atoms with Gasteiger partial charge in [0.25, 0.3) is 0 Å². The minimum Gasteiger partial charge on any atom is -0.388 e. The average Bonchev–Trinajstić information content (AvgIpc) is 2.63. The largest absolute Gasteiger partial charge is 0.388 e. The van der Waals surface area contributed by atoms with E-state index >= 15 is 0 Å². The normalized spacial score (nSPS) is 20.4. The summed E-state index contributed by atoms with van der Waals surface area (Å²) in [6, 6.07) is 7.13. The predicted molar refractivity (Wildman–Crippen MR) is 82.3 cm³/mol. The van der Waals surface area contributed by atoms with Gasteiger partial charge in [-0.1, -0.05) is 13.8 Å². The molecule has 0 radical (unpaired) electrons. The van der Waals surface area contributed by atoms with Crippen LogP contribution in [0.2, 0.25) is 0 Å². The first kappa shape index (κ1) is 14.3. The predicted octanol–water partition coefficient (Wildman–Crippen LogP) is 4.24. The Hall–Kier alpha value is -1.61. The molecule has 1 unspecified atom stereocenters. The number of benzene rings is 1. The maximum Gasteiger partial charge on any atom is 0.125 e. The van der Waals surface area contributed by atoms with Gasteiger partial charge in [0.05, 0.1) is 6.10 Å². The zero-order chi connectivity index (χ0) is 15.4. The molecule has 0 fully saturated rings. The average molecular weight is 287 g/mol. The van der Waals surface area contributed by atoms with Crippen molar-refractivity contribution in [3.05, 3.63) is 52.6 Å². The highest BCUT2D eigenvalue weighted by atomic mass is 19.1. The number of aryl methyl sites for hydroxylation is 2. The molecular weight excluding hydrogens is 265 g/mol. The van der Waals surface area contributed by atoms with Gasteiger partial charge in [0.1, 0.15) is 5.82 Å². The summed E-state index contributed by atoms with van der Waals surface area (Å²) >= 11 is 0. The Kier molecular flexibility index (Phi) is 3.21. The summed E-state index contributed by atoms with van der Waals surface area (Å²) in [6.07, 6.45) is 1.23. The Labute approximate surface area is 125 Å². The van der Waals surface area contributed by atoms with Gasteiger partial charge in [0.15, 0.2) is 0 Å². The van der Waals surface area contributed by atoms with E-state index < -0.39 is 6.10 Å². The van der Waals surface area contributed by atoms with Crippen LogP contribution in [0.4, 0.5) is 4.39 Å². The van der Waals surface area contributed by atoms with Gasteiger partial charge in [0, 0.05) is 22.6 Å². The molecule has 1 aliphatic rings. The maximum atomic E-state index is 13.7. The molecule has 1 aromatic heterocycles. The van der Waals surface area contributed by atoms with Crippen LogP contribution in [0.3, 0.4) is 0 Å². The quantitative estimate of drug-likeness (QED) is 0.834. The van der Waals surface area contributed by atoms with E-state index in [9.17, 15) is 9.50 Å². The Morgan fingerprint density at radius 1 is 1.19 bits per heavy atom. The molecule has 1 N–H and O–H groups in total. The SMILES string of the molecule is Cc1cc(F)cc(-n2c(C)cc3c2CC(C)(C)CC3O)c1. The van der Waals surface area contributed by atoms with E-state index in [0.29, 0.717) is 0 Å². The molecule has 112 valence electrons. The molecule has 1 aromatic carbocycles. The number of rotatable bonds is 1. The molecule has 3 rings (SSSR count). The zero-order valence-electron chi connectivity index (χ0n) is 13.1. The lowest BCUT2D eigenvalue weighted by Gasteiger charge is -2.34. The molecule has 0 saturated carbocycles. The summed E-state index contributed by atoms with van der Waals surface area (Å²) in [5, 5.41) is 10.4. The standard InChI is InChI=1S/C18H22FNO/c1-11-5-13(19)8-14(6-11)20-12(2)7-15-16(20)9-18(3,4)10-17(15)21/h5-8,17,21H,9-10H2,1-4H3. The number of hydrogen-bond acceptors (Lipinski definition) is 1. The highest BCUT2D eigenvalue weighted by molar-refractivity contribution is 5.45. The lowest BCUT2D eigenvalue weighted by Crippen LogP contribution is -2.26. The first-order chi connectivity index (χ1) is 9.77. The van der Waals surface area contributed by atoms with Gasteiger partial charge < -0.3 is 9.67 Å². The Balaban J connectivity index is 2.21. The third-order valence-corrected chi connectivity index (χ3v) is 4.36. The maximum absolute atomic E-state index is 13.7. The van der Waals surface area contributed by atoms with Crippen LogP contribution in [0.15, 0.2) is 24.3 Å². The smallest absolute Gasteiger partial charge is 0.125 e. The van der Waals surface area contributed by atoms with Crippen molar-refractivity contribution >= 4 is 0 Å². The van der Waals surface area contributed by atoms with Gasteiger partial charge in [-0.15, -0.1) is 0 Å². The van der Waals surface area contributed by atoms with Gasteiger partial charge in [-0.05, 0) is 61.9 Å². The van der Waals surface area contributed by atoms with Gasteiger partial charge >= 0.3 is 0 Å². The summed E-state index contributed by atoms with van der Waals surface area (Å²) < 4.78 is 15.8. The number of fused-ring (bicyclic) bond motifs is 1. The van der Waals surface area contributed by atoms with Crippen molar-refractivity contribution in [2.24, 2.45) is 5.41 Å². The lowest BCUT2D eigenvalue weighted by molar-refractivity contribution is 0.0987. The minimum atomic E-state index is -0.432. The molecule has 0 aliphatic heterocycles. The van der Waals surface area contributed by atoms with E-state index in [1.807, 2.05) is 26.0 Å². The van der Waals surface area contributed by atoms with E-state index in [-0.39, 0.29) is 11.2 Å². The Morgan fingerprint density at radius 2 is 1.90 bits per heavy atom. The molecular formula is C18H22FNO. The van der Waals surface area contributed by atoms with Gasteiger partial charge in [-0.25, -0.2) is 4.39 Å². The van der Waals surface area contributed by atoms with E-state index in [0.717, 1.165) is 41.0 Å². The fourth-order valence-electron chi connectivity index (χ4n) is 3.55.